The zero-order valence-electron chi connectivity index (χ0n) is 15.4. The summed E-state index contributed by atoms with van der Waals surface area (Å²) in [5, 5.41) is 9.68. The van der Waals surface area contributed by atoms with E-state index in [-0.39, 0.29) is 12.1 Å². The molecule has 1 fully saturated rings. The molecule has 8 heteroatoms. The lowest BCUT2D eigenvalue weighted by Gasteiger charge is -2.12. The van der Waals surface area contributed by atoms with Gasteiger partial charge < -0.3 is 15.4 Å². The highest BCUT2D eigenvalue weighted by atomic mass is 16.5. The van der Waals surface area contributed by atoms with Gasteiger partial charge in [0.1, 0.15) is 6.10 Å². The van der Waals surface area contributed by atoms with Crippen molar-refractivity contribution in [2.24, 2.45) is 0 Å². The Morgan fingerprint density at radius 1 is 1.14 bits per heavy atom. The number of anilines is 1. The molecule has 0 aliphatic heterocycles. The van der Waals surface area contributed by atoms with Crippen LogP contribution in [-0.4, -0.2) is 31.9 Å². The maximum absolute atomic E-state index is 12.1. The first kappa shape index (κ1) is 18.0. The first-order chi connectivity index (χ1) is 13.8. The van der Waals surface area contributed by atoms with Crippen molar-refractivity contribution in [2.75, 3.05) is 5.32 Å². The summed E-state index contributed by atoms with van der Waals surface area (Å²) in [5.74, 6) is 1.32. The fraction of sp³-hybridized carbons (Fsp3) is 0.300. The van der Waals surface area contributed by atoms with E-state index in [1.807, 2.05) is 18.2 Å². The topological polar surface area (TPSA) is 94.0 Å². The number of carbonyl (C=O) groups is 1. The van der Waals surface area contributed by atoms with Gasteiger partial charge in [0.2, 0.25) is 5.88 Å². The minimum absolute atomic E-state index is 0.288. The molecule has 4 rings (SSSR count). The van der Waals surface area contributed by atoms with Crippen LogP contribution in [0.5, 0.6) is 5.88 Å². The van der Waals surface area contributed by atoms with E-state index >= 15 is 0 Å². The molecule has 0 bridgehead atoms. The molecule has 1 aliphatic rings. The fourth-order valence-corrected chi connectivity index (χ4v) is 3.12. The second kappa shape index (κ2) is 8.51. The summed E-state index contributed by atoms with van der Waals surface area (Å²) in [7, 11) is 0. The third-order valence-electron chi connectivity index (χ3n) is 4.59. The van der Waals surface area contributed by atoms with Crippen molar-refractivity contribution in [3.63, 3.8) is 0 Å². The van der Waals surface area contributed by atoms with Crippen LogP contribution >= 0.6 is 0 Å². The number of hydrogen-bond donors (Lipinski definition) is 2. The Labute approximate surface area is 163 Å². The molecule has 0 atom stereocenters. The predicted molar refractivity (Wildman–Crippen MR) is 104 cm³/mol. The van der Waals surface area contributed by atoms with Gasteiger partial charge in [-0.1, -0.05) is 6.07 Å². The summed E-state index contributed by atoms with van der Waals surface area (Å²) < 4.78 is 7.50. The van der Waals surface area contributed by atoms with Crippen LogP contribution in [0.25, 0.3) is 5.82 Å². The van der Waals surface area contributed by atoms with Gasteiger partial charge in [0.25, 0.3) is 0 Å². The molecular weight excluding hydrogens is 356 g/mol. The monoisotopic (exact) mass is 378 g/mol. The quantitative estimate of drug-likeness (QED) is 0.686. The Morgan fingerprint density at radius 3 is 2.71 bits per heavy atom. The van der Waals surface area contributed by atoms with Crippen LogP contribution in [0.4, 0.5) is 10.5 Å². The Bertz CT molecular complexity index is 887. The number of carbonyl (C=O) groups excluding carboxylic acids is 1. The van der Waals surface area contributed by atoms with Gasteiger partial charge in [-0.2, -0.15) is 5.10 Å². The van der Waals surface area contributed by atoms with Crippen LogP contribution in [0, 0.1) is 0 Å². The van der Waals surface area contributed by atoms with Crippen LogP contribution in [0.1, 0.15) is 31.2 Å². The zero-order valence-corrected chi connectivity index (χ0v) is 15.4. The molecule has 0 unspecified atom stereocenters. The van der Waals surface area contributed by atoms with E-state index < -0.39 is 0 Å². The number of ether oxygens (including phenoxy) is 1. The van der Waals surface area contributed by atoms with E-state index in [4.69, 9.17) is 4.74 Å². The molecule has 1 aliphatic carbocycles. The van der Waals surface area contributed by atoms with Gasteiger partial charge in [0, 0.05) is 31.2 Å². The lowest BCUT2D eigenvalue weighted by atomic mass is 10.3. The molecule has 2 amide bonds. The summed E-state index contributed by atoms with van der Waals surface area (Å²) in [6, 6.07) is 8.85. The van der Waals surface area contributed by atoms with Crippen LogP contribution in [0.3, 0.4) is 0 Å². The summed E-state index contributed by atoms with van der Waals surface area (Å²) >= 11 is 0. The highest BCUT2D eigenvalue weighted by Gasteiger charge is 2.16. The number of urea groups is 1. The molecule has 0 spiro atoms. The second-order valence-electron chi connectivity index (χ2n) is 6.69. The van der Waals surface area contributed by atoms with Crippen LogP contribution in [-0.2, 0) is 6.54 Å². The Morgan fingerprint density at radius 2 is 2.04 bits per heavy atom. The predicted octanol–water partition coefficient (Wildman–Crippen LogP) is 3.31. The number of amides is 2. The van der Waals surface area contributed by atoms with Gasteiger partial charge in [0.15, 0.2) is 5.82 Å². The number of rotatable bonds is 6. The molecule has 2 N–H and O–H groups in total. The minimum atomic E-state index is -0.306. The molecule has 144 valence electrons. The van der Waals surface area contributed by atoms with Crippen LogP contribution < -0.4 is 15.4 Å². The molecule has 3 aromatic heterocycles. The van der Waals surface area contributed by atoms with Gasteiger partial charge >= 0.3 is 6.03 Å². The molecule has 3 aromatic rings. The Hall–Kier alpha value is -3.42. The van der Waals surface area contributed by atoms with E-state index in [2.05, 4.69) is 25.7 Å². The van der Waals surface area contributed by atoms with Crippen molar-refractivity contribution in [1.82, 2.24) is 25.1 Å². The highest BCUT2D eigenvalue weighted by molar-refractivity contribution is 5.89. The van der Waals surface area contributed by atoms with E-state index in [9.17, 15) is 4.79 Å². The Kier molecular flexibility index (Phi) is 5.46. The van der Waals surface area contributed by atoms with Crippen molar-refractivity contribution < 1.29 is 9.53 Å². The van der Waals surface area contributed by atoms with Crippen molar-refractivity contribution in [1.29, 1.82) is 0 Å². The van der Waals surface area contributed by atoms with Gasteiger partial charge in [-0.15, -0.1) is 0 Å². The minimum Gasteiger partial charge on any atom is -0.474 e. The van der Waals surface area contributed by atoms with E-state index in [0.717, 1.165) is 18.4 Å². The Balaban J connectivity index is 1.25. The molecule has 28 heavy (non-hydrogen) atoms. The van der Waals surface area contributed by atoms with E-state index in [1.165, 1.54) is 12.8 Å². The molecule has 0 aromatic carbocycles. The first-order valence-electron chi connectivity index (χ1n) is 9.39. The van der Waals surface area contributed by atoms with Crippen molar-refractivity contribution >= 4 is 11.7 Å². The normalized spacial score (nSPS) is 14.0. The molecular formula is C20H22N6O2. The molecule has 1 saturated carbocycles. The molecule has 3 heterocycles. The van der Waals surface area contributed by atoms with E-state index in [1.54, 1.807) is 41.6 Å². The highest BCUT2D eigenvalue weighted by Crippen LogP contribution is 2.22. The third-order valence-corrected chi connectivity index (χ3v) is 4.59. The lowest BCUT2D eigenvalue weighted by molar-refractivity contribution is 0.201. The van der Waals surface area contributed by atoms with Gasteiger partial charge in [-0.3, -0.25) is 0 Å². The fourth-order valence-electron chi connectivity index (χ4n) is 3.12. The zero-order chi connectivity index (χ0) is 19.2. The molecule has 0 saturated heterocycles. The summed E-state index contributed by atoms with van der Waals surface area (Å²) in [6.45, 7) is 0.376. The van der Waals surface area contributed by atoms with Crippen LogP contribution in [0.15, 0.2) is 55.1 Å². The lowest BCUT2D eigenvalue weighted by Crippen LogP contribution is -2.28. The summed E-state index contributed by atoms with van der Waals surface area (Å²) in [6.07, 6.45) is 11.7. The van der Waals surface area contributed by atoms with Crippen molar-refractivity contribution in [3.05, 3.63) is 60.7 Å². The first-order valence-corrected chi connectivity index (χ1v) is 9.39. The largest absolute Gasteiger partial charge is 0.474 e. The summed E-state index contributed by atoms with van der Waals surface area (Å²) in [4.78, 5) is 20.7. The third kappa shape index (κ3) is 4.64. The number of nitrogens with zero attached hydrogens (tertiary/aromatic N) is 4. The average Bonchev–Trinajstić information content (AvgIpc) is 3.42. The number of pyridine rings is 2. The van der Waals surface area contributed by atoms with Crippen molar-refractivity contribution in [3.8, 4) is 11.7 Å². The average molecular weight is 378 g/mol. The maximum atomic E-state index is 12.1. The molecule has 0 radical (unpaired) electrons. The van der Waals surface area contributed by atoms with Crippen LogP contribution in [0.2, 0.25) is 0 Å². The second-order valence-corrected chi connectivity index (χ2v) is 6.69. The van der Waals surface area contributed by atoms with Gasteiger partial charge in [-0.25, -0.2) is 19.4 Å². The van der Waals surface area contributed by atoms with Crippen molar-refractivity contribution in [2.45, 2.75) is 38.3 Å². The molecule has 8 nitrogen and oxygen atoms in total. The SMILES string of the molecule is O=C(NCc1ccc(OC2CCCC2)nc1)Nc1ccc(-n2cccn2)nc1. The maximum Gasteiger partial charge on any atom is 0.319 e. The van der Waals surface area contributed by atoms with Gasteiger partial charge in [-0.05, 0) is 49.4 Å². The van der Waals surface area contributed by atoms with Gasteiger partial charge in [0.05, 0.1) is 11.9 Å². The summed E-state index contributed by atoms with van der Waals surface area (Å²) in [5.41, 5.74) is 1.51. The number of aromatic nitrogens is 4. The number of nitrogens with one attached hydrogen (secondary N) is 2. The van der Waals surface area contributed by atoms with E-state index in [0.29, 0.717) is 23.9 Å². The smallest absolute Gasteiger partial charge is 0.319 e. The number of hydrogen-bond acceptors (Lipinski definition) is 5. The standard InChI is InChI=1S/C20H22N6O2/c27-20(25-16-7-8-18(21-14-16)26-11-3-10-24-26)23-13-15-6-9-19(22-12-15)28-17-4-1-2-5-17/h3,6-12,14,17H,1-2,4-5,13H2,(H2,23,25,27).